The van der Waals surface area contributed by atoms with Gasteiger partial charge in [-0.05, 0) is 26.0 Å². The zero-order valence-electron chi connectivity index (χ0n) is 7.82. The normalized spacial score (nSPS) is 10.0. The number of hydrogen-bond donors (Lipinski definition) is 0. The van der Waals surface area contributed by atoms with Crippen molar-refractivity contribution < 1.29 is 4.74 Å². The van der Waals surface area contributed by atoms with Crippen LogP contribution in [0, 0.1) is 11.3 Å². The van der Waals surface area contributed by atoms with Crippen LogP contribution in [0.5, 0.6) is 0 Å². The molecular formula is C10H12N2O. The highest BCUT2D eigenvalue weighted by Gasteiger charge is 1.98. The quantitative estimate of drug-likeness (QED) is 0.706. The van der Waals surface area contributed by atoms with Crippen LogP contribution in [-0.4, -0.2) is 11.1 Å². The number of rotatable bonds is 3. The molecule has 0 saturated heterocycles. The van der Waals surface area contributed by atoms with E-state index in [1.54, 1.807) is 18.3 Å². The van der Waals surface area contributed by atoms with Gasteiger partial charge < -0.3 is 4.74 Å². The summed E-state index contributed by atoms with van der Waals surface area (Å²) in [7, 11) is 0. The topological polar surface area (TPSA) is 45.9 Å². The molecule has 68 valence electrons. The largest absolute Gasteiger partial charge is 0.373 e. The van der Waals surface area contributed by atoms with Crippen LogP contribution in [-0.2, 0) is 11.3 Å². The molecule has 3 heteroatoms. The SMILES string of the molecule is CC(C)OCc1cc(C#N)ccn1. The fraction of sp³-hybridized carbons (Fsp3) is 0.400. The summed E-state index contributed by atoms with van der Waals surface area (Å²) in [4.78, 5) is 4.08. The smallest absolute Gasteiger partial charge is 0.0992 e. The van der Waals surface area contributed by atoms with Gasteiger partial charge in [0.25, 0.3) is 0 Å². The molecule has 1 heterocycles. The second kappa shape index (κ2) is 4.58. The summed E-state index contributed by atoms with van der Waals surface area (Å²) in [6, 6.07) is 5.48. The van der Waals surface area contributed by atoms with Gasteiger partial charge in [-0.1, -0.05) is 0 Å². The summed E-state index contributed by atoms with van der Waals surface area (Å²) < 4.78 is 5.36. The lowest BCUT2D eigenvalue weighted by molar-refractivity contribution is 0.0636. The lowest BCUT2D eigenvalue weighted by atomic mass is 10.2. The van der Waals surface area contributed by atoms with Gasteiger partial charge in [0.2, 0.25) is 0 Å². The molecule has 0 fully saturated rings. The highest BCUT2D eigenvalue weighted by Crippen LogP contribution is 2.03. The van der Waals surface area contributed by atoms with E-state index < -0.39 is 0 Å². The van der Waals surface area contributed by atoms with Crippen LogP contribution >= 0.6 is 0 Å². The highest BCUT2D eigenvalue weighted by molar-refractivity contribution is 5.28. The molecule has 1 rings (SSSR count). The van der Waals surface area contributed by atoms with Gasteiger partial charge in [0.05, 0.1) is 30.0 Å². The van der Waals surface area contributed by atoms with Gasteiger partial charge in [-0.2, -0.15) is 5.26 Å². The predicted octanol–water partition coefficient (Wildman–Crippen LogP) is 1.88. The Bertz CT molecular complexity index is 315. The molecule has 0 unspecified atom stereocenters. The molecule has 0 aromatic carbocycles. The third-order valence-electron chi connectivity index (χ3n) is 1.51. The molecule has 0 aliphatic heterocycles. The van der Waals surface area contributed by atoms with E-state index in [-0.39, 0.29) is 6.10 Å². The summed E-state index contributed by atoms with van der Waals surface area (Å²) in [5.74, 6) is 0. The van der Waals surface area contributed by atoms with Crippen LogP contribution in [0.4, 0.5) is 0 Å². The first-order chi connectivity index (χ1) is 6.22. The van der Waals surface area contributed by atoms with Gasteiger partial charge in [-0.3, -0.25) is 4.98 Å². The van der Waals surface area contributed by atoms with Crippen molar-refractivity contribution in [2.45, 2.75) is 26.6 Å². The molecule has 3 nitrogen and oxygen atoms in total. The summed E-state index contributed by atoms with van der Waals surface area (Å²) in [6.07, 6.45) is 1.81. The molecule has 0 saturated carbocycles. The lowest BCUT2D eigenvalue weighted by Crippen LogP contribution is -2.03. The molecule has 0 bridgehead atoms. The molecule has 0 atom stereocenters. The van der Waals surface area contributed by atoms with Gasteiger partial charge in [-0.15, -0.1) is 0 Å². The Hall–Kier alpha value is -1.40. The van der Waals surface area contributed by atoms with Crippen molar-refractivity contribution in [3.63, 3.8) is 0 Å². The molecule has 0 radical (unpaired) electrons. The molecule has 13 heavy (non-hydrogen) atoms. The first kappa shape index (κ1) is 9.69. The van der Waals surface area contributed by atoms with Crippen molar-refractivity contribution in [1.82, 2.24) is 4.98 Å². The Balaban J connectivity index is 2.63. The zero-order chi connectivity index (χ0) is 9.68. The summed E-state index contributed by atoms with van der Waals surface area (Å²) >= 11 is 0. The van der Waals surface area contributed by atoms with Crippen molar-refractivity contribution >= 4 is 0 Å². The maximum Gasteiger partial charge on any atom is 0.0992 e. The van der Waals surface area contributed by atoms with Gasteiger partial charge in [0.1, 0.15) is 0 Å². The van der Waals surface area contributed by atoms with E-state index in [0.717, 1.165) is 5.69 Å². The zero-order valence-corrected chi connectivity index (χ0v) is 7.82. The van der Waals surface area contributed by atoms with Crippen LogP contribution in [0.3, 0.4) is 0 Å². The fourth-order valence-corrected chi connectivity index (χ4v) is 0.879. The molecule has 0 amide bonds. The third kappa shape index (κ3) is 3.22. The first-order valence-electron chi connectivity index (χ1n) is 4.19. The van der Waals surface area contributed by atoms with Crippen molar-refractivity contribution in [2.75, 3.05) is 0 Å². The number of nitrogens with zero attached hydrogens (tertiary/aromatic N) is 2. The maximum atomic E-state index is 8.62. The molecule has 0 aliphatic carbocycles. The van der Waals surface area contributed by atoms with Crippen molar-refractivity contribution in [2.24, 2.45) is 0 Å². The number of hydrogen-bond acceptors (Lipinski definition) is 3. The van der Waals surface area contributed by atoms with E-state index in [1.807, 2.05) is 13.8 Å². The van der Waals surface area contributed by atoms with Crippen LogP contribution in [0.15, 0.2) is 18.3 Å². The van der Waals surface area contributed by atoms with Crippen LogP contribution < -0.4 is 0 Å². The van der Waals surface area contributed by atoms with E-state index >= 15 is 0 Å². The molecule has 0 spiro atoms. The highest BCUT2D eigenvalue weighted by atomic mass is 16.5. The van der Waals surface area contributed by atoms with Gasteiger partial charge in [0, 0.05) is 6.20 Å². The Morgan fingerprint density at radius 1 is 1.62 bits per heavy atom. The van der Waals surface area contributed by atoms with Gasteiger partial charge in [0.15, 0.2) is 0 Å². The van der Waals surface area contributed by atoms with Crippen molar-refractivity contribution in [3.8, 4) is 6.07 Å². The molecule has 1 aromatic heterocycles. The molecule has 1 aromatic rings. The monoisotopic (exact) mass is 176 g/mol. The Morgan fingerprint density at radius 3 is 3.00 bits per heavy atom. The van der Waals surface area contributed by atoms with Crippen LogP contribution in [0.1, 0.15) is 25.1 Å². The van der Waals surface area contributed by atoms with Crippen molar-refractivity contribution in [1.29, 1.82) is 5.26 Å². The summed E-state index contributed by atoms with van der Waals surface area (Å²) in [6.45, 7) is 4.40. The number of ether oxygens (including phenoxy) is 1. The standard InChI is InChI=1S/C10H12N2O/c1-8(2)13-7-10-5-9(6-11)3-4-12-10/h3-5,8H,7H2,1-2H3. The minimum absolute atomic E-state index is 0.188. The third-order valence-corrected chi connectivity index (χ3v) is 1.51. The predicted molar refractivity (Wildman–Crippen MR) is 48.9 cm³/mol. The second-order valence-electron chi connectivity index (χ2n) is 3.01. The second-order valence-corrected chi connectivity index (χ2v) is 3.01. The summed E-state index contributed by atoms with van der Waals surface area (Å²) in [5.41, 5.74) is 1.42. The van der Waals surface area contributed by atoms with Crippen molar-refractivity contribution in [3.05, 3.63) is 29.6 Å². The molecule has 0 N–H and O–H groups in total. The average Bonchev–Trinajstić information content (AvgIpc) is 2.15. The van der Waals surface area contributed by atoms with Crippen LogP contribution in [0.2, 0.25) is 0 Å². The fourth-order valence-electron chi connectivity index (χ4n) is 0.879. The molecule has 0 aliphatic rings. The van der Waals surface area contributed by atoms with E-state index in [9.17, 15) is 0 Å². The van der Waals surface area contributed by atoms with Crippen LogP contribution in [0.25, 0.3) is 0 Å². The number of pyridine rings is 1. The number of aromatic nitrogens is 1. The minimum Gasteiger partial charge on any atom is -0.373 e. The maximum absolute atomic E-state index is 8.62. The van der Waals surface area contributed by atoms with E-state index in [4.69, 9.17) is 10.00 Å². The molecular weight excluding hydrogens is 164 g/mol. The lowest BCUT2D eigenvalue weighted by Gasteiger charge is -2.06. The van der Waals surface area contributed by atoms with Gasteiger partial charge >= 0.3 is 0 Å². The van der Waals surface area contributed by atoms with E-state index in [2.05, 4.69) is 11.1 Å². The first-order valence-corrected chi connectivity index (χ1v) is 4.19. The Kier molecular flexibility index (Phi) is 3.41. The Labute approximate surface area is 78.0 Å². The minimum atomic E-state index is 0.188. The average molecular weight is 176 g/mol. The Morgan fingerprint density at radius 2 is 2.38 bits per heavy atom. The number of nitriles is 1. The van der Waals surface area contributed by atoms with E-state index in [1.165, 1.54) is 0 Å². The summed E-state index contributed by atoms with van der Waals surface area (Å²) in [5, 5.41) is 8.62. The van der Waals surface area contributed by atoms with Gasteiger partial charge in [-0.25, -0.2) is 0 Å². The van der Waals surface area contributed by atoms with E-state index in [0.29, 0.717) is 12.2 Å².